The van der Waals surface area contributed by atoms with Crippen molar-refractivity contribution in [3.05, 3.63) is 29.6 Å². The molecule has 0 saturated heterocycles. The lowest BCUT2D eigenvalue weighted by molar-refractivity contribution is -0.126. The summed E-state index contributed by atoms with van der Waals surface area (Å²) in [6.07, 6.45) is -0.745. The molecular weight excluding hydrogens is 259 g/mol. The van der Waals surface area contributed by atoms with E-state index in [1.54, 1.807) is 19.1 Å². The number of rotatable bonds is 5. The van der Waals surface area contributed by atoms with Crippen molar-refractivity contribution in [3.8, 4) is 5.75 Å². The molecule has 1 amide bonds. The van der Waals surface area contributed by atoms with Gasteiger partial charge in [0.1, 0.15) is 0 Å². The number of hydrogen-bond acceptors (Lipinski definition) is 3. The van der Waals surface area contributed by atoms with Crippen LogP contribution in [0.3, 0.4) is 0 Å². The van der Waals surface area contributed by atoms with E-state index in [0.29, 0.717) is 12.1 Å². The maximum Gasteiger partial charge on any atom is 0.260 e. The summed E-state index contributed by atoms with van der Waals surface area (Å²) < 4.78 is 19.4. The van der Waals surface area contributed by atoms with E-state index in [1.165, 1.54) is 13.1 Å². The second-order valence-corrected chi connectivity index (χ2v) is 5.71. The van der Waals surface area contributed by atoms with Crippen LogP contribution >= 0.6 is 0 Å². The molecule has 0 radical (unpaired) electrons. The number of nitrogens with one attached hydrogen (secondary N) is 2. The Bertz CT molecular complexity index is 469. The molecule has 0 aliphatic heterocycles. The first-order chi connectivity index (χ1) is 9.24. The zero-order valence-electron chi connectivity index (χ0n) is 12.7. The quantitative estimate of drug-likeness (QED) is 0.870. The smallest absolute Gasteiger partial charge is 0.260 e. The predicted molar refractivity (Wildman–Crippen MR) is 77.1 cm³/mol. The fourth-order valence-electron chi connectivity index (χ4n) is 1.62. The highest BCUT2D eigenvalue weighted by Gasteiger charge is 2.19. The Labute approximate surface area is 119 Å². The third-order valence-corrected chi connectivity index (χ3v) is 2.77. The molecule has 0 heterocycles. The number of halogens is 1. The normalized spacial score (nSPS) is 12.9. The van der Waals surface area contributed by atoms with Crippen molar-refractivity contribution in [2.24, 2.45) is 0 Å². The van der Waals surface area contributed by atoms with E-state index in [9.17, 15) is 9.18 Å². The van der Waals surface area contributed by atoms with Crippen LogP contribution in [0.1, 0.15) is 33.3 Å². The number of likely N-dealkylation sites (N-methyl/N-ethyl adjacent to an activating group) is 1. The molecule has 112 valence electrons. The van der Waals surface area contributed by atoms with Gasteiger partial charge in [-0.25, -0.2) is 4.39 Å². The number of para-hydroxylation sites is 1. The highest BCUT2D eigenvalue weighted by atomic mass is 19.1. The van der Waals surface area contributed by atoms with Gasteiger partial charge in [-0.15, -0.1) is 0 Å². The summed E-state index contributed by atoms with van der Waals surface area (Å²) in [5, 5.41) is 5.75. The first-order valence-corrected chi connectivity index (χ1v) is 6.65. The van der Waals surface area contributed by atoms with Gasteiger partial charge in [0.05, 0.1) is 0 Å². The van der Waals surface area contributed by atoms with E-state index in [0.717, 1.165) is 0 Å². The second kappa shape index (κ2) is 6.70. The van der Waals surface area contributed by atoms with E-state index in [1.807, 2.05) is 20.8 Å². The number of amides is 1. The Morgan fingerprint density at radius 1 is 1.40 bits per heavy atom. The predicted octanol–water partition coefficient (Wildman–Crippen LogP) is 2.23. The Hall–Kier alpha value is -1.62. The minimum Gasteiger partial charge on any atom is -0.477 e. The van der Waals surface area contributed by atoms with E-state index in [2.05, 4.69) is 10.6 Å². The number of carbonyl (C=O) groups is 1. The second-order valence-electron chi connectivity index (χ2n) is 5.71. The Morgan fingerprint density at radius 2 is 2.05 bits per heavy atom. The summed E-state index contributed by atoms with van der Waals surface area (Å²) in [6.45, 7) is 8.14. The molecular formula is C15H23FN2O2. The maximum atomic E-state index is 13.9. The minimum absolute atomic E-state index is 0.0873. The van der Waals surface area contributed by atoms with Crippen molar-refractivity contribution in [3.63, 3.8) is 0 Å². The molecule has 0 bridgehead atoms. The number of carbonyl (C=O) groups excluding carboxylic acids is 1. The molecule has 1 unspecified atom stereocenters. The molecule has 4 nitrogen and oxygen atoms in total. The van der Waals surface area contributed by atoms with Gasteiger partial charge in [-0.1, -0.05) is 12.1 Å². The fraction of sp³-hybridized carbons (Fsp3) is 0.533. The van der Waals surface area contributed by atoms with Gasteiger partial charge in [0.15, 0.2) is 17.7 Å². The first kappa shape index (κ1) is 16.4. The molecule has 20 heavy (non-hydrogen) atoms. The van der Waals surface area contributed by atoms with Gasteiger partial charge in [-0.05, 0) is 33.8 Å². The summed E-state index contributed by atoms with van der Waals surface area (Å²) in [6, 6.07) is 4.74. The lowest BCUT2D eigenvalue weighted by atomic mass is 10.1. The van der Waals surface area contributed by atoms with Crippen LogP contribution in [0, 0.1) is 5.82 Å². The van der Waals surface area contributed by atoms with Crippen LogP contribution in [0.4, 0.5) is 4.39 Å². The van der Waals surface area contributed by atoms with Gasteiger partial charge >= 0.3 is 0 Å². The number of hydrogen-bond donors (Lipinski definition) is 2. The average Bonchev–Trinajstić information content (AvgIpc) is 2.37. The topological polar surface area (TPSA) is 50.4 Å². The average molecular weight is 282 g/mol. The SMILES string of the molecule is CNC(=O)C(C)Oc1c(F)cccc1CNC(C)(C)C. The van der Waals surface area contributed by atoms with Crippen molar-refractivity contribution in [2.75, 3.05) is 7.05 Å². The van der Waals surface area contributed by atoms with Crippen molar-refractivity contribution in [2.45, 2.75) is 45.9 Å². The first-order valence-electron chi connectivity index (χ1n) is 6.65. The third kappa shape index (κ3) is 4.81. The van der Waals surface area contributed by atoms with Gasteiger partial charge in [0, 0.05) is 24.7 Å². The molecule has 0 fully saturated rings. The lowest BCUT2D eigenvalue weighted by Crippen LogP contribution is -2.36. The van der Waals surface area contributed by atoms with Crippen LogP contribution in [0.15, 0.2) is 18.2 Å². The van der Waals surface area contributed by atoms with Gasteiger partial charge in [-0.2, -0.15) is 0 Å². The summed E-state index contributed by atoms with van der Waals surface area (Å²) in [7, 11) is 1.52. The van der Waals surface area contributed by atoms with E-state index in [-0.39, 0.29) is 17.2 Å². The third-order valence-electron chi connectivity index (χ3n) is 2.77. The van der Waals surface area contributed by atoms with Gasteiger partial charge in [-0.3, -0.25) is 4.79 Å². The van der Waals surface area contributed by atoms with Crippen LogP contribution in [0.5, 0.6) is 5.75 Å². The molecule has 1 aromatic carbocycles. The summed E-state index contributed by atoms with van der Waals surface area (Å²) in [4.78, 5) is 11.5. The monoisotopic (exact) mass is 282 g/mol. The zero-order valence-corrected chi connectivity index (χ0v) is 12.7. The Morgan fingerprint density at radius 3 is 2.60 bits per heavy atom. The zero-order chi connectivity index (χ0) is 15.3. The van der Waals surface area contributed by atoms with Crippen LogP contribution in [-0.2, 0) is 11.3 Å². The molecule has 1 atom stereocenters. The largest absolute Gasteiger partial charge is 0.477 e. The van der Waals surface area contributed by atoms with E-state index < -0.39 is 11.9 Å². The molecule has 0 spiro atoms. The molecule has 0 aliphatic rings. The van der Waals surface area contributed by atoms with Crippen LogP contribution in [0.25, 0.3) is 0 Å². The summed E-state index contributed by atoms with van der Waals surface area (Å²) in [5.74, 6) is -0.628. The molecule has 1 aromatic rings. The number of benzene rings is 1. The maximum absolute atomic E-state index is 13.9. The number of ether oxygens (including phenoxy) is 1. The van der Waals surface area contributed by atoms with Crippen molar-refractivity contribution in [1.82, 2.24) is 10.6 Å². The fourth-order valence-corrected chi connectivity index (χ4v) is 1.62. The molecule has 2 N–H and O–H groups in total. The van der Waals surface area contributed by atoms with Crippen molar-refractivity contribution < 1.29 is 13.9 Å². The van der Waals surface area contributed by atoms with Crippen molar-refractivity contribution >= 4 is 5.91 Å². The van der Waals surface area contributed by atoms with Crippen molar-refractivity contribution in [1.29, 1.82) is 0 Å². The van der Waals surface area contributed by atoms with Gasteiger partial charge < -0.3 is 15.4 Å². The van der Waals surface area contributed by atoms with Crippen LogP contribution < -0.4 is 15.4 Å². The highest BCUT2D eigenvalue weighted by Crippen LogP contribution is 2.24. The van der Waals surface area contributed by atoms with Gasteiger partial charge in [0.25, 0.3) is 5.91 Å². The highest BCUT2D eigenvalue weighted by molar-refractivity contribution is 5.80. The lowest BCUT2D eigenvalue weighted by Gasteiger charge is -2.22. The summed E-state index contributed by atoms with van der Waals surface area (Å²) in [5.41, 5.74) is 0.603. The molecule has 0 aliphatic carbocycles. The Kier molecular flexibility index (Phi) is 5.51. The van der Waals surface area contributed by atoms with Crippen LogP contribution in [0.2, 0.25) is 0 Å². The minimum atomic E-state index is -0.745. The van der Waals surface area contributed by atoms with E-state index >= 15 is 0 Å². The van der Waals surface area contributed by atoms with Gasteiger partial charge in [0.2, 0.25) is 0 Å². The molecule has 0 aromatic heterocycles. The summed E-state index contributed by atoms with van der Waals surface area (Å²) >= 11 is 0. The van der Waals surface area contributed by atoms with Crippen LogP contribution in [-0.4, -0.2) is 24.6 Å². The van der Waals surface area contributed by atoms with E-state index in [4.69, 9.17) is 4.74 Å². The Balaban J connectivity index is 2.91. The molecule has 0 saturated carbocycles. The molecule has 5 heteroatoms. The standard InChI is InChI=1S/C15H23FN2O2/c1-10(14(19)17-5)20-13-11(7-6-8-12(13)16)9-18-15(2,3)4/h6-8,10,18H,9H2,1-5H3,(H,17,19). The molecule has 1 rings (SSSR count).